The molecule has 2 aliphatic rings. The van der Waals surface area contributed by atoms with E-state index in [0.717, 1.165) is 58.2 Å². The maximum Gasteiger partial charge on any atom is 0.161 e. The Morgan fingerprint density at radius 1 is 0.892 bits per heavy atom. The van der Waals surface area contributed by atoms with E-state index in [0.29, 0.717) is 25.2 Å². The van der Waals surface area contributed by atoms with Crippen molar-refractivity contribution in [3.05, 3.63) is 89.0 Å². The average molecular weight is 499 g/mol. The van der Waals surface area contributed by atoms with Crippen LogP contribution >= 0.6 is 0 Å². The summed E-state index contributed by atoms with van der Waals surface area (Å²) in [6.07, 6.45) is 4.72. The molecule has 2 atom stereocenters. The van der Waals surface area contributed by atoms with Gasteiger partial charge >= 0.3 is 0 Å². The molecule has 5 rings (SSSR count). The van der Waals surface area contributed by atoms with Gasteiger partial charge in [0.1, 0.15) is 12.4 Å². The van der Waals surface area contributed by atoms with Crippen molar-refractivity contribution in [3.8, 4) is 17.2 Å². The maximum atomic E-state index is 5.67. The van der Waals surface area contributed by atoms with Crippen LogP contribution in [0.1, 0.15) is 60.8 Å². The van der Waals surface area contributed by atoms with Gasteiger partial charge < -0.3 is 19.0 Å². The predicted molar refractivity (Wildman–Crippen MR) is 147 cm³/mol. The van der Waals surface area contributed by atoms with Crippen molar-refractivity contribution < 1.29 is 19.0 Å². The molecule has 1 aliphatic carbocycles. The zero-order valence-corrected chi connectivity index (χ0v) is 21.8. The summed E-state index contributed by atoms with van der Waals surface area (Å²) in [5.41, 5.74) is 6.31. The number of rotatable bonds is 9. The van der Waals surface area contributed by atoms with Gasteiger partial charge in [0.2, 0.25) is 0 Å². The maximum absolute atomic E-state index is 5.67. The lowest BCUT2D eigenvalue weighted by Crippen LogP contribution is -2.29. The lowest BCUT2D eigenvalue weighted by Gasteiger charge is -2.35. The van der Waals surface area contributed by atoms with Gasteiger partial charge in [0, 0.05) is 17.0 Å². The third-order valence-electron chi connectivity index (χ3n) is 7.18. The molecular weight excluding hydrogens is 464 g/mol. The quantitative estimate of drug-likeness (QED) is 0.195. The van der Waals surface area contributed by atoms with Gasteiger partial charge in [-0.3, -0.25) is 4.99 Å². The lowest BCUT2D eigenvalue weighted by atomic mass is 9.75. The number of ether oxygens (including phenoxy) is 3. The van der Waals surface area contributed by atoms with Crippen molar-refractivity contribution in [2.75, 3.05) is 27.4 Å². The summed E-state index contributed by atoms with van der Waals surface area (Å²) < 4.78 is 17.0. The van der Waals surface area contributed by atoms with Crippen LogP contribution in [0.25, 0.3) is 0 Å². The van der Waals surface area contributed by atoms with Crippen molar-refractivity contribution >= 4 is 11.4 Å². The Morgan fingerprint density at radius 2 is 1.68 bits per heavy atom. The Kier molecular flexibility index (Phi) is 7.73. The van der Waals surface area contributed by atoms with Gasteiger partial charge in [-0.15, -0.1) is 0 Å². The van der Waals surface area contributed by atoms with Crippen molar-refractivity contribution in [3.63, 3.8) is 0 Å². The average Bonchev–Trinajstić information content (AvgIpc) is 2.96. The Morgan fingerprint density at radius 3 is 2.49 bits per heavy atom. The molecule has 1 aliphatic heterocycles. The Balaban J connectivity index is 1.37. The zero-order valence-electron chi connectivity index (χ0n) is 21.8. The lowest BCUT2D eigenvalue weighted by molar-refractivity contribution is 0.107. The number of aliphatic imine (C=N–C) groups is 1. The predicted octanol–water partition coefficient (Wildman–Crippen LogP) is 6.40. The molecule has 37 heavy (non-hydrogen) atoms. The van der Waals surface area contributed by atoms with E-state index in [4.69, 9.17) is 24.0 Å². The third kappa shape index (κ3) is 5.48. The number of hydrogen-bond acceptors (Lipinski definition) is 6. The fourth-order valence-corrected chi connectivity index (χ4v) is 5.30. The number of hydrogen-bond donors (Lipinski definition) is 0. The van der Waals surface area contributed by atoms with Gasteiger partial charge in [-0.2, -0.15) is 0 Å². The summed E-state index contributed by atoms with van der Waals surface area (Å²) in [6.45, 7) is 2.76. The minimum absolute atomic E-state index is 0.292. The molecule has 0 N–H and O–H groups in total. The highest BCUT2D eigenvalue weighted by atomic mass is 16.6. The first kappa shape index (κ1) is 24.9. The highest BCUT2D eigenvalue weighted by molar-refractivity contribution is 6.16. The minimum atomic E-state index is 0.292. The molecule has 3 aromatic carbocycles. The van der Waals surface area contributed by atoms with Gasteiger partial charge in [-0.1, -0.05) is 54.4 Å². The van der Waals surface area contributed by atoms with E-state index in [1.807, 2.05) is 37.3 Å². The summed E-state index contributed by atoms with van der Waals surface area (Å²) in [6, 6.07) is 22.6. The molecule has 0 bridgehead atoms. The van der Waals surface area contributed by atoms with Gasteiger partial charge in [-0.25, -0.2) is 0 Å². The topological polar surface area (TPSA) is 61.6 Å². The van der Waals surface area contributed by atoms with Crippen molar-refractivity contribution in [1.29, 1.82) is 0 Å². The monoisotopic (exact) mass is 498 g/mol. The summed E-state index contributed by atoms with van der Waals surface area (Å²) in [4.78, 5) is 10.8. The van der Waals surface area contributed by atoms with Gasteiger partial charge in [0.05, 0.1) is 31.7 Å². The molecule has 0 radical (unpaired) electrons. The van der Waals surface area contributed by atoms with Crippen LogP contribution in [0.4, 0.5) is 0 Å². The van der Waals surface area contributed by atoms with Gasteiger partial charge in [-0.05, 0) is 61.2 Å². The SMILES string of the molecule is COc1cc2c(cc1OC)[C@H]1CCCC[C@H]1N=C2c1cccc(C(C)=NOCCOc2ccccc2)c1. The molecule has 3 aromatic rings. The number of benzene rings is 3. The number of oxime groups is 1. The summed E-state index contributed by atoms with van der Waals surface area (Å²) >= 11 is 0. The van der Waals surface area contributed by atoms with Crippen molar-refractivity contribution in [2.24, 2.45) is 10.1 Å². The summed E-state index contributed by atoms with van der Waals surface area (Å²) in [5, 5.41) is 4.33. The fourth-order valence-electron chi connectivity index (χ4n) is 5.30. The van der Waals surface area contributed by atoms with Crippen LogP contribution in [-0.2, 0) is 4.84 Å². The largest absolute Gasteiger partial charge is 0.493 e. The van der Waals surface area contributed by atoms with E-state index >= 15 is 0 Å². The van der Waals surface area contributed by atoms with E-state index in [1.165, 1.54) is 18.4 Å². The molecule has 1 saturated carbocycles. The molecule has 192 valence electrons. The van der Waals surface area contributed by atoms with Crippen molar-refractivity contribution in [1.82, 2.24) is 0 Å². The first-order valence-electron chi connectivity index (χ1n) is 13.0. The second-order valence-corrected chi connectivity index (χ2v) is 9.48. The summed E-state index contributed by atoms with van der Waals surface area (Å²) in [5.74, 6) is 2.74. The van der Waals surface area contributed by atoms with Crippen LogP contribution in [-0.4, -0.2) is 44.9 Å². The van der Waals surface area contributed by atoms with E-state index in [9.17, 15) is 0 Å². The first-order chi connectivity index (χ1) is 18.2. The van der Waals surface area contributed by atoms with Crippen LogP contribution in [0.2, 0.25) is 0 Å². The third-order valence-corrected chi connectivity index (χ3v) is 7.18. The van der Waals surface area contributed by atoms with E-state index < -0.39 is 0 Å². The number of nitrogens with zero attached hydrogens (tertiary/aromatic N) is 2. The van der Waals surface area contributed by atoms with Crippen LogP contribution < -0.4 is 14.2 Å². The molecule has 6 heteroatoms. The minimum Gasteiger partial charge on any atom is -0.493 e. The molecule has 0 amide bonds. The van der Waals surface area contributed by atoms with Gasteiger partial charge in [0.25, 0.3) is 0 Å². The first-order valence-corrected chi connectivity index (χ1v) is 13.0. The molecule has 0 unspecified atom stereocenters. The van der Waals surface area contributed by atoms with Gasteiger partial charge in [0.15, 0.2) is 18.1 Å². The van der Waals surface area contributed by atoms with Crippen LogP contribution in [0.5, 0.6) is 17.2 Å². The fraction of sp³-hybridized carbons (Fsp3) is 0.355. The van der Waals surface area contributed by atoms with Crippen molar-refractivity contribution in [2.45, 2.75) is 44.6 Å². The molecular formula is C31H34N2O4. The smallest absolute Gasteiger partial charge is 0.161 e. The Bertz CT molecular complexity index is 1290. The number of methoxy groups -OCH3 is 2. The normalized spacial score (nSPS) is 18.8. The summed E-state index contributed by atoms with van der Waals surface area (Å²) in [7, 11) is 3.38. The van der Waals surface area contributed by atoms with Crippen LogP contribution in [0.15, 0.2) is 76.9 Å². The number of fused-ring (bicyclic) bond motifs is 3. The Labute approximate surface area is 218 Å². The molecule has 1 heterocycles. The molecule has 6 nitrogen and oxygen atoms in total. The number of para-hydroxylation sites is 1. The van der Waals surface area contributed by atoms with E-state index in [1.54, 1.807) is 14.2 Å². The second kappa shape index (κ2) is 11.5. The van der Waals surface area contributed by atoms with E-state index in [2.05, 4.69) is 41.6 Å². The molecule has 0 aromatic heterocycles. The molecule has 0 spiro atoms. The molecule has 1 fully saturated rings. The van der Waals surface area contributed by atoms with Crippen LogP contribution in [0, 0.1) is 0 Å². The highest BCUT2D eigenvalue weighted by Gasteiger charge is 2.34. The zero-order chi connectivity index (χ0) is 25.6. The molecule has 0 saturated heterocycles. The van der Waals surface area contributed by atoms with E-state index in [-0.39, 0.29) is 0 Å². The Hall–Kier alpha value is -3.80. The van der Waals surface area contributed by atoms with Crippen LogP contribution in [0.3, 0.4) is 0 Å². The highest BCUT2D eigenvalue weighted by Crippen LogP contribution is 2.44. The second-order valence-electron chi connectivity index (χ2n) is 9.48. The standard InChI is InChI=1S/C31H34N2O4/c1-21(33-37-17-16-36-24-12-5-4-6-13-24)22-10-9-11-23(18-22)31-27-20-30(35-3)29(34-2)19-26(27)25-14-7-8-15-28(25)32-31/h4-6,9-13,18-20,25,28H,7-8,14-17H2,1-3H3/t25-,28-/m1/s1.